The highest BCUT2D eigenvalue weighted by Gasteiger charge is 2.31. The number of hydrogen-bond donors (Lipinski definition) is 1. The Hall–Kier alpha value is -2.91. The van der Waals surface area contributed by atoms with Gasteiger partial charge >= 0.3 is 6.09 Å². The van der Waals surface area contributed by atoms with E-state index in [1.807, 2.05) is 4.90 Å². The second-order valence-corrected chi connectivity index (χ2v) is 9.04. The van der Waals surface area contributed by atoms with Gasteiger partial charge in [0.15, 0.2) is 5.75 Å². The molecule has 0 unspecified atom stereocenters. The smallest absolute Gasteiger partial charge is 0.407 e. The van der Waals surface area contributed by atoms with E-state index in [1.54, 1.807) is 33.2 Å². The first-order valence-electron chi connectivity index (χ1n) is 11.0. The summed E-state index contributed by atoms with van der Waals surface area (Å²) in [6, 6.07) is 0.309. The van der Waals surface area contributed by atoms with E-state index >= 15 is 0 Å². The van der Waals surface area contributed by atoms with Crippen molar-refractivity contribution < 1.29 is 23.5 Å². The van der Waals surface area contributed by atoms with Gasteiger partial charge in [-0.1, -0.05) is 0 Å². The lowest BCUT2D eigenvalue weighted by atomic mass is 10.0. The number of anilines is 1. The predicted octanol–water partition coefficient (Wildman–Crippen LogP) is 2.82. The number of carbonyl (C=O) groups is 2. The second-order valence-electron chi connectivity index (χ2n) is 9.04. The molecule has 2 saturated heterocycles. The molecule has 0 saturated carbocycles. The minimum atomic E-state index is -0.625. The van der Waals surface area contributed by atoms with Gasteiger partial charge in [-0.2, -0.15) is 0 Å². The van der Waals surface area contributed by atoms with Gasteiger partial charge in [-0.15, -0.1) is 0 Å². The van der Waals surface area contributed by atoms with Crippen molar-refractivity contribution in [2.24, 2.45) is 0 Å². The van der Waals surface area contributed by atoms with E-state index < -0.39 is 11.7 Å². The number of nitrogens with one attached hydrogen (secondary N) is 1. The van der Waals surface area contributed by atoms with Crippen molar-refractivity contribution in [2.75, 3.05) is 37.7 Å². The van der Waals surface area contributed by atoms with Gasteiger partial charge in [0.05, 0.1) is 18.7 Å². The normalized spacial score (nSPS) is 18.1. The molecule has 1 aromatic heterocycles. The molecule has 2 aliphatic rings. The van der Waals surface area contributed by atoms with Crippen LogP contribution in [0.1, 0.15) is 46.5 Å². The average molecular weight is 450 g/mol. The van der Waals surface area contributed by atoms with Crippen LogP contribution in [0.3, 0.4) is 0 Å². The highest BCUT2D eigenvalue weighted by Crippen LogP contribution is 2.24. The third-order valence-corrected chi connectivity index (χ3v) is 5.35. The summed E-state index contributed by atoms with van der Waals surface area (Å²) in [6.07, 6.45) is 6.32. The van der Waals surface area contributed by atoms with Crippen LogP contribution in [0.15, 0.2) is 24.3 Å². The molecular weight excluding hydrogens is 417 g/mol. The molecule has 176 valence electrons. The number of alkyl carbamates (subject to hydrolysis) is 1. The van der Waals surface area contributed by atoms with Crippen LogP contribution in [-0.4, -0.2) is 71.3 Å². The third kappa shape index (κ3) is 6.80. The maximum atomic E-state index is 13.1. The van der Waals surface area contributed by atoms with E-state index in [1.165, 1.54) is 0 Å². The van der Waals surface area contributed by atoms with E-state index in [0.29, 0.717) is 30.5 Å². The molecule has 0 aliphatic carbocycles. The standard InChI is InChI=1S/C22H32FN5O4/c1-22(2,3)32-21(30)26-12-16(11-23)15-31-18-13-24-20(25-14-18)27-9-6-17(7-10-27)28-8-4-5-19(28)29/h11,13-14,17H,4-10,12,15H2,1-3H3,(H,26,30)/b16-11+. The Labute approximate surface area is 188 Å². The molecule has 0 aromatic carbocycles. The summed E-state index contributed by atoms with van der Waals surface area (Å²) in [5.74, 6) is 1.28. The van der Waals surface area contributed by atoms with E-state index in [0.717, 1.165) is 38.9 Å². The lowest BCUT2D eigenvalue weighted by Gasteiger charge is -2.36. The van der Waals surface area contributed by atoms with Crippen LogP contribution in [0.4, 0.5) is 15.1 Å². The maximum Gasteiger partial charge on any atom is 0.407 e. The summed E-state index contributed by atoms with van der Waals surface area (Å²) in [4.78, 5) is 36.5. The highest BCUT2D eigenvalue weighted by atomic mass is 19.1. The van der Waals surface area contributed by atoms with Crippen molar-refractivity contribution in [2.45, 2.75) is 58.1 Å². The van der Waals surface area contributed by atoms with Crippen LogP contribution >= 0.6 is 0 Å². The zero-order chi connectivity index (χ0) is 23.1. The molecule has 2 fully saturated rings. The minimum Gasteiger partial charge on any atom is -0.486 e. The first-order valence-corrected chi connectivity index (χ1v) is 11.0. The number of hydrogen-bond acceptors (Lipinski definition) is 7. The molecule has 9 nitrogen and oxygen atoms in total. The van der Waals surface area contributed by atoms with Crippen LogP contribution in [0, 0.1) is 0 Å². The Kier molecular flexibility index (Phi) is 7.87. The zero-order valence-corrected chi connectivity index (χ0v) is 19.0. The Morgan fingerprint density at radius 2 is 1.94 bits per heavy atom. The van der Waals surface area contributed by atoms with Gasteiger partial charge in [-0.05, 0) is 40.0 Å². The Bertz CT molecular complexity index is 817. The Morgan fingerprint density at radius 3 is 2.50 bits per heavy atom. The second kappa shape index (κ2) is 10.6. The predicted molar refractivity (Wildman–Crippen MR) is 117 cm³/mol. The zero-order valence-electron chi connectivity index (χ0n) is 19.0. The summed E-state index contributed by atoms with van der Waals surface area (Å²) in [6.45, 7) is 7.63. The number of nitrogens with zero attached hydrogens (tertiary/aromatic N) is 4. The SMILES string of the molecule is CC(C)(C)OC(=O)NC/C(=C\F)COc1cnc(N2CCC(N3CCCC3=O)CC2)nc1. The molecule has 32 heavy (non-hydrogen) atoms. The van der Waals surface area contributed by atoms with Gasteiger partial charge in [0.2, 0.25) is 11.9 Å². The number of ether oxygens (including phenoxy) is 2. The Morgan fingerprint density at radius 1 is 1.25 bits per heavy atom. The van der Waals surface area contributed by atoms with Gasteiger partial charge in [0.1, 0.15) is 12.2 Å². The largest absolute Gasteiger partial charge is 0.486 e. The van der Waals surface area contributed by atoms with Crippen molar-refractivity contribution >= 4 is 17.9 Å². The van der Waals surface area contributed by atoms with Crippen molar-refractivity contribution in [1.29, 1.82) is 0 Å². The van der Waals surface area contributed by atoms with E-state index in [9.17, 15) is 14.0 Å². The summed E-state index contributed by atoms with van der Waals surface area (Å²) >= 11 is 0. The van der Waals surface area contributed by atoms with Gasteiger partial charge in [-0.3, -0.25) is 4.79 Å². The monoisotopic (exact) mass is 449 g/mol. The number of rotatable bonds is 7. The van der Waals surface area contributed by atoms with Gasteiger partial charge < -0.3 is 24.6 Å². The summed E-state index contributed by atoms with van der Waals surface area (Å²) < 4.78 is 23.8. The van der Waals surface area contributed by atoms with Gasteiger partial charge in [0.25, 0.3) is 0 Å². The number of piperidine rings is 1. The van der Waals surface area contributed by atoms with Gasteiger partial charge in [0, 0.05) is 44.2 Å². The van der Waals surface area contributed by atoms with E-state index in [2.05, 4.69) is 20.2 Å². The lowest BCUT2D eigenvalue weighted by molar-refractivity contribution is -0.130. The summed E-state index contributed by atoms with van der Waals surface area (Å²) in [5, 5.41) is 2.49. The molecule has 0 bridgehead atoms. The molecule has 2 amide bonds. The molecule has 0 radical (unpaired) electrons. The number of halogens is 1. The first-order chi connectivity index (χ1) is 15.2. The van der Waals surface area contributed by atoms with Gasteiger partial charge in [-0.25, -0.2) is 19.2 Å². The lowest BCUT2D eigenvalue weighted by Crippen LogP contribution is -2.45. The molecular formula is C22H32FN5O4. The Balaban J connectivity index is 1.42. The fourth-order valence-electron chi connectivity index (χ4n) is 3.78. The molecule has 1 N–H and O–H groups in total. The fraction of sp³-hybridized carbons (Fsp3) is 0.636. The van der Waals surface area contributed by atoms with Crippen LogP contribution in [0.5, 0.6) is 5.75 Å². The molecule has 3 rings (SSSR count). The number of amides is 2. The topological polar surface area (TPSA) is 96.9 Å². The molecule has 2 aliphatic heterocycles. The number of aromatic nitrogens is 2. The van der Waals surface area contributed by atoms with Crippen molar-refractivity contribution in [3.8, 4) is 5.75 Å². The molecule has 1 aromatic rings. The van der Waals surface area contributed by atoms with Crippen LogP contribution in [0.2, 0.25) is 0 Å². The quantitative estimate of drug-likeness (QED) is 0.684. The average Bonchev–Trinajstić information content (AvgIpc) is 3.19. The molecule has 0 atom stereocenters. The molecule has 3 heterocycles. The van der Waals surface area contributed by atoms with E-state index in [-0.39, 0.29) is 24.6 Å². The maximum absolute atomic E-state index is 13.1. The van der Waals surface area contributed by atoms with Crippen molar-refractivity contribution in [1.82, 2.24) is 20.2 Å². The fourth-order valence-corrected chi connectivity index (χ4v) is 3.78. The van der Waals surface area contributed by atoms with Crippen LogP contribution in [0.25, 0.3) is 0 Å². The summed E-state index contributed by atoms with van der Waals surface area (Å²) in [7, 11) is 0. The third-order valence-electron chi connectivity index (χ3n) is 5.35. The van der Waals surface area contributed by atoms with Crippen LogP contribution in [-0.2, 0) is 9.53 Å². The molecule has 10 heteroatoms. The number of carbonyl (C=O) groups excluding carboxylic acids is 2. The van der Waals surface area contributed by atoms with Crippen molar-refractivity contribution in [3.63, 3.8) is 0 Å². The van der Waals surface area contributed by atoms with E-state index in [4.69, 9.17) is 9.47 Å². The van der Waals surface area contributed by atoms with Crippen molar-refractivity contribution in [3.05, 3.63) is 24.3 Å². The van der Waals surface area contributed by atoms with Crippen LogP contribution < -0.4 is 15.0 Å². The highest BCUT2D eigenvalue weighted by molar-refractivity contribution is 5.78. The summed E-state index contributed by atoms with van der Waals surface area (Å²) in [5.41, 5.74) is -0.376. The molecule has 0 spiro atoms. The first kappa shape index (κ1) is 23.7. The number of likely N-dealkylation sites (tertiary alicyclic amines) is 1. The minimum absolute atomic E-state index is 0.0289.